The average molecular weight is 498 g/mol. The lowest BCUT2D eigenvalue weighted by Gasteiger charge is -2.16. The van der Waals surface area contributed by atoms with Gasteiger partial charge in [0.15, 0.2) is 6.04 Å². The number of carbonyl (C=O) groups is 3. The van der Waals surface area contributed by atoms with Crippen LogP contribution < -0.4 is 0 Å². The van der Waals surface area contributed by atoms with Crippen LogP contribution in [0.1, 0.15) is 18.9 Å². The Kier molecular flexibility index (Phi) is 6.70. The minimum absolute atomic E-state index is 0.191. The molecular formula is C18H16BrN3O5S2. The van der Waals surface area contributed by atoms with E-state index < -0.39 is 23.9 Å². The Hall–Kier alpha value is -2.24. The molecule has 1 fully saturated rings. The minimum Gasteiger partial charge on any atom is -0.480 e. The van der Waals surface area contributed by atoms with Gasteiger partial charge in [0.25, 0.3) is 5.91 Å². The monoisotopic (exact) mass is 497 g/mol. The molecule has 1 atom stereocenters. The summed E-state index contributed by atoms with van der Waals surface area (Å²) in [5.41, 5.74) is 1.40. The molecule has 2 heterocycles. The Morgan fingerprint density at radius 2 is 2.10 bits per heavy atom. The van der Waals surface area contributed by atoms with Crippen LogP contribution in [-0.4, -0.2) is 62.1 Å². The molecule has 0 saturated carbocycles. The quantitative estimate of drug-likeness (QED) is 0.363. The van der Waals surface area contributed by atoms with Gasteiger partial charge < -0.3 is 9.84 Å². The lowest BCUT2D eigenvalue weighted by Crippen LogP contribution is -2.35. The van der Waals surface area contributed by atoms with E-state index in [1.54, 1.807) is 6.92 Å². The first kappa shape index (κ1) is 21.5. The van der Waals surface area contributed by atoms with E-state index in [-0.39, 0.29) is 28.8 Å². The van der Waals surface area contributed by atoms with E-state index in [4.69, 9.17) is 17.0 Å². The highest BCUT2D eigenvalue weighted by molar-refractivity contribution is 9.10. The molecular weight excluding hydrogens is 482 g/mol. The molecule has 2 aliphatic rings. The van der Waals surface area contributed by atoms with Crippen molar-refractivity contribution in [1.29, 1.82) is 0 Å². The molecule has 1 amide bonds. The summed E-state index contributed by atoms with van der Waals surface area (Å²) in [4.78, 5) is 37.3. The number of benzene rings is 1. The van der Waals surface area contributed by atoms with Crippen LogP contribution in [0.5, 0.6) is 0 Å². The number of carboxylic acid groups (broad SMARTS) is 1. The third kappa shape index (κ3) is 4.85. The Bertz CT molecular complexity index is 932. The van der Waals surface area contributed by atoms with Crippen molar-refractivity contribution in [2.24, 2.45) is 5.10 Å². The van der Waals surface area contributed by atoms with E-state index in [2.05, 4.69) is 21.0 Å². The van der Waals surface area contributed by atoms with Crippen LogP contribution in [0, 0.1) is 0 Å². The van der Waals surface area contributed by atoms with Gasteiger partial charge in [0, 0.05) is 17.1 Å². The van der Waals surface area contributed by atoms with Crippen molar-refractivity contribution in [3.05, 3.63) is 45.4 Å². The minimum atomic E-state index is -1.06. The topological polar surface area (TPSA) is 99.5 Å². The Balaban J connectivity index is 1.83. The number of thiocarbonyl (C=S) groups is 1. The molecule has 152 valence electrons. The maximum absolute atomic E-state index is 12.6. The highest BCUT2D eigenvalue weighted by Crippen LogP contribution is 2.33. The number of carbonyl (C=O) groups excluding carboxylic acids is 2. The number of thioether (sulfide) groups is 1. The molecule has 29 heavy (non-hydrogen) atoms. The van der Waals surface area contributed by atoms with Crippen LogP contribution in [0.15, 0.2) is 44.9 Å². The molecule has 1 N–H and O–H groups in total. The van der Waals surface area contributed by atoms with Gasteiger partial charge in [-0.25, -0.2) is 4.79 Å². The number of esters is 1. The Morgan fingerprint density at radius 1 is 1.41 bits per heavy atom. The lowest BCUT2D eigenvalue weighted by molar-refractivity contribution is -0.145. The highest BCUT2D eigenvalue weighted by Gasteiger charge is 2.37. The zero-order valence-electron chi connectivity index (χ0n) is 15.2. The van der Waals surface area contributed by atoms with E-state index in [9.17, 15) is 19.5 Å². The molecule has 1 aromatic carbocycles. The average Bonchev–Trinajstić information content (AvgIpc) is 3.20. The fraction of sp³-hybridized carbons (Fsp3) is 0.278. The number of hydrogen-bond acceptors (Lipinski definition) is 8. The van der Waals surface area contributed by atoms with Crippen molar-refractivity contribution in [3.8, 4) is 0 Å². The van der Waals surface area contributed by atoms with Crippen LogP contribution >= 0.6 is 39.9 Å². The second-order valence-corrected chi connectivity index (χ2v) is 8.64. The largest absolute Gasteiger partial charge is 0.480 e. The van der Waals surface area contributed by atoms with Crippen molar-refractivity contribution in [2.75, 3.05) is 13.2 Å². The molecule has 2 aliphatic heterocycles. The van der Waals surface area contributed by atoms with Gasteiger partial charge in [0.2, 0.25) is 0 Å². The number of rotatable bonds is 6. The molecule has 3 rings (SSSR count). The molecule has 1 saturated heterocycles. The maximum Gasteiger partial charge on any atom is 0.328 e. The van der Waals surface area contributed by atoms with Gasteiger partial charge in [0.1, 0.15) is 10.9 Å². The first-order valence-corrected chi connectivity index (χ1v) is 10.6. The number of aliphatic carboxylic acids is 1. The van der Waals surface area contributed by atoms with E-state index in [0.717, 1.165) is 26.7 Å². The number of hydrazone groups is 1. The molecule has 0 radical (unpaired) electrons. The third-order valence-corrected chi connectivity index (χ3v) is 6.01. The summed E-state index contributed by atoms with van der Waals surface area (Å²) >= 11 is 9.53. The van der Waals surface area contributed by atoms with E-state index in [0.29, 0.717) is 5.71 Å². The van der Waals surface area contributed by atoms with Crippen molar-refractivity contribution in [2.45, 2.75) is 19.4 Å². The molecule has 0 bridgehead atoms. The van der Waals surface area contributed by atoms with Gasteiger partial charge in [-0.15, -0.1) is 0 Å². The van der Waals surface area contributed by atoms with Gasteiger partial charge in [0.05, 0.1) is 17.2 Å². The van der Waals surface area contributed by atoms with Crippen LogP contribution in [0.2, 0.25) is 0 Å². The highest BCUT2D eigenvalue weighted by atomic mass is 79.9. The van der Waals surface area contributed by atoms with E-state index >= 15 is 0 Å². The zero-order chi connectivity index (χ0) is 21.1. The normalized spacial score (nSPS) is 20.4. The first-order chi connectivity index (χ1) is 13.8. The molecule has 0 aliphatic carbocycles. The molecule has 11 heteroatoms. The lowest BCUT2D eigenvalue weighted by atomic mass is 10.0. The van der Waals surface area contributed by atoms with Gasteiger partial charge in [-0.1, -0.05) is 52.0 Å². The molecule has 0 aromatic heterocycles. The van der Waals surface area contributed by atoms with Gasteiger partial charge in [-0.3, -0.25) is 19.5 Å². The van der Waals surface area contributed by atoms with Crippen LogP contribution in [-0.2, 0) is 19.1 Å². The summed E-state index contributed by atoms with van der Waals surface area (Å²) in [6, 6.07) is 6.42. The summed E-state index contributed by atoms with van der Waals surface area (Å²) in [6.07, 6.45) is 1.56. The van der Waals surface area contributed by atoms with Crippen molar-refractivity contribution in [3.63, 3.8) is 0 Å². The SMILES string of the molecule is CCOC(=O)CN1C(=O)/C(=C/N2N=C(c3ccc(Br)cc3)CC2C(=O)O)SC1=S. The summed E-state index contributed by atoms with van der Waals surface area (Å²) in [5, 5.41) is 15.2. The number of halogens is 1. The standard InChI is InChI=1S/C18H16BrN3O5S2/c1-2-27-15(23)9-21-16(24)14(29-18(21)28)8-22-13(17(25)26)7-12(20-22)10-3-5-11(19)6-4-10/h3-6,8,13H,2,7,9H2,1H3,(H,25,26)/b14-8-. The van der Waals surface area contributed by atoms with E-state index in [1.165, 1.54) is 11.2 Å². The fourth-order valence-electron chi connectivity index (χ4n) is 2.75. The number of amides is 1. The molecule has 0 spiro atoms. The van der Waals surface area contributed by atoms with Gasteiger partial charge in [-0.2, -0.15) is 5.10 Å². The predicted molar refractivity (Wildman–Crippen MR) is 115 cm³/mol. The summed E-state index contributed by atoms with van der Waals surface area (Å²) < 4.78 is 5.96. The molecule has 1 aromatic rings. The van der Waals surface area contributed by atoms with Crippen LogP contribution in [0.25, 0.3) is 0 Å². The molecule has 1 unspecified atom stereocenters. The molecule has 8 nitrogen and oxygen atoms in total. The van der Waals surface area contributed by atoms with Crippen LogP contribution in [0.4, 0.5) is 0 Å². The Labute approximate surface area is 184 Å². The number of carboxylic acids is 1. The van der Waals surface area contributed by atoms with Gasteiger partial charge >= 0.3 is 11.9 Å². The predicted octanol–water partition coefficient (Wildman–Crippen LogP) is 2.58. The first-order valence-electron chi connectivity index (χ1n) is 8.55. The van der Waals surface area contributed by atoms with Crippen molar-refractivity contribution in [1.82, 2.24) is 9.91 Å². The number of ether oxygens (including phenoxy) is 1. The summed E-state index contributed by atoms with van der Waals surface area (Å²) in [6.45, 7) is 1.58. The second kappa shape index (κ2) is 9.06. The third-order valence-electron chi connectivity index (χ3n) is 4.12. The number of nitrogens with zero attached hydrogens (tertiary/aromatic N) is 3. The van der Waals surface area contributed by atoms with Crippen LogP contribution in [0.3, 0.4) is 0 Å². The van der Waals surface area contributed by atoms with Crippen molar-refractivity contribution < 1.29 is 24.2 Å². The summed E-state index contributed by atoms with van der Waals surface area (Å²) in [5.74, 6) is -2.10. The summed E-state index contributed by atoms with van der Waals surface area (Å²) in [7, 11) is 0. The van der Waals surface area contributed by atoms with Crippen molar-refractivity contribution >= 4 is 67.8 Å². The second-order valence-electron chi connectivity index (χ2n) is 6.05. The zero-order valence-corrected chi connectivity index (χ0v) is 18.4. The maximum atomic E-state index is 12.6. The van der Waals surface area contributed by atoms with E-state index in [1.807, 2.05) is 24.3 Å². The fourth-order valence-corrected chi connectivity index (χ4v) is 4.23. The smallest absolute Gasteiger partial charge is 0.328 e. The van der Waals surface area contributed by atoms with Gasteiger partial charge in [-0.05, 0) is 24.6 Å². The number of hydrogen-bond donors (Lipinski definition) is 1. The Morgan fingerprint density at radius 3 is 2.72 bits per heavy atom.